The monoisotopic (exact) mass is 272 g/mol. The molecule has 5 heteroatoms. The van der Waals surface area contributed by atoms with Crippen LogP contribution < -0.4 is 10.5 Å². The van der Waals surface area contributed by atoms with Crippen molar-refractivity contribution in [3.8, 4) is 11.5 Å². The van der Waals surface area contributed by atoms with Crippen LogP contribution in [0.25, 0.3) is 0 Å². The summed E-state index contributed by atoms with van der Waals surface area (Å²) in [4.78, 5) is 10.3. The Morgan fingerprint density at radius 3 is 2.35 bits per heavy atom. The van der Waals surface area contributed by atoms with E-state index in [2.05, 4.69) is 0 Å². The Bertz CT molecular complexity index is 622. The van der Waals surface area contributed by atoms with Gasteiger partial charge in [0.1, 0.15) is 11.5 Å². The molecule has 0 fully saturated rings. The summed E-state index contributed by atoms with van der Waals surface area (Å²) in [6.07, 6.45) is 0. The summed E-state index contributed by atoms with van der Waals surface area (Å²) in [6, 6.07) is 12.0. The number of benzene rings is 2. The highest BCUT2D eigenvalue weighted by atomic mass is 16.6. The lowest BCUT2D eigenvalue weighted by Crippen LogP contribution is -2.04. The summed E-state index contributed by atoms with van der Waals surface area (Å²) in [6.45, 7) is 3.69. The average molecular weight is 272 g/mol. The third-order valence-corrected chi connectivity index (χ3v) is 3.00. The number of nitrogens with two attached hydrogens (primary N) is 1. The molecule has 2 rings (SSSR count). The van der Waals surface area contributed by atoms with Crippen LogP contribution in [-0.2, 0) is 0 Å². The molecule has 0 aliphatic heterocycles. The van der Waals surface area contributed by atoms with Crippen LogP contribution in [0.1, 0.15) is 24.1 Å². The number of ether oxygens (including phenoxy) is 1. The van der Waals surface area contributed by atoms with Crippen molar-refractivity contribution in [3.05, 3.63) is 63.7 Å². The lowest BCUT2D eigenvalue weighted by molar-refractivity contribution is -0.384. The quantitative estimate of drug-likeness (QED) is 0.679. The third kappa shape index (κ3) is 3.13. The van der Waals surface area contributed by atoms with E-state index in [1.807, 2.05) is 31.2 Å². The predicted molar refractivity (Wildman–Crippen MR) is 77.0 cm³/mol. The van der Waals surface area contributed by atoms with Gasteiger partial charge in [0, 0.05) is 18.2 Å². The minimum Gasteiger partial charge on any atom is -0.457 e. The van der Waals surface area contributed by atoms with E-state index >= 15 is 0 Å². The minimum absolute atomic E-state index is 0.0230. The van der Waals surface area contributed by atoms with Crippen molar-refractivity contribution >= 4 is 5.69 Å². The van der Waals surface area contributed by atoms with Crippen LogP contribution in [0, 0.1) is 17.0 Å². The van der Waals surface area contributed by atoms with E-state index in [1.165, 1.54) is 12.1 Å². The van der Waals surface area contributed by atoms with Gasteiger partial charge in [-0.1, -0.05) is 12.1 Å². The van der Waals surface area contributed by atoms with Gasteiger partial charge in [-0.15, -0.1) is 0 Å². The van der Waals surface area contributed by atoms with Crippen LogP contribution in [0.2, 0.25) is 0 Å². The van der Waals surface area contributed by atoms with Crippen molar-refractivity contribution in [1.29, 1.82) is 0 Å². The molecule has 0 spiro atoms. The molecule has 0 aromatic heterocycles. The molecule has 1 atom stereocenters. The Labute approximate surface area is 117 Å². The molecule has 0 radical (unpaired) electrons. The van der Waals surface area contributed by atoms with Crippen molar-refractivity contribution < 1.29 is 9.66 Å². The van der Waals surface area contributed by atoms with Crippen molar-refractivity contribution in [1.82, 2.24) is 0 Å². The fourth-order valence-corrected chi connectivity index (χ4v) is 1.83. The van der Waals surface area contributed by atoms with Crippen molar-refractivity contribution in [2.45, 2.75) is 19.9 Å². The highest BCUT2D eigenvalue weighted by Gasteiger charge is 2.09. The number of nitrogens with zero attached hydrogens (tertiary/aromatic N) is 1. The molecule has 0 saturated carbocycles. The van der Waals surface area contributed by atoms with Crippen molar-refractivity contribution in [2.24, 2.45) is 5.73 Å². The summed E-state index contributed by atoms with van der Waals surface area (Å²) < 4.78 is 5.72. The van der Waals surface area contributed by atoms with E-state index in [0.29, 0.717) is 11.5 Å². The smallest absolute Gasteiger partial charge is 0.269 e. The first kappa shape index (κ1) is 14.0. The Morgan fingerprint density at radius 1 is 1.20 bits per heavy atom. The molecule has 20 heavy (non-hydrogen) atoms. The average Bonchev–Trinajstić information content (AvgIpc) is 2.41. The number of non-ortho nitro benzene ring substituents is 1. The first-order valence-electron chi connectivity index (χ1n) is 6.26. The van der Waals surface area contributed by atoms with Gasteiger partial charge in [0.2, 0.25) is 0 Å². The first-order chi connectivity index (χ1) is 9.47. The summed E-state index contributed by atoms with van der Waals surface area (Å²) in [5, 5.41) is 10.7. The number of nitro groups is 1. The van der Waals surface area contributed by atoms with Gasteiger partial charge in [-0.05, 0) is 43.2 Å². The summed E-state index contributed by atoms with van der Waals surface area (Å²) >= 11 is 0. The van der Waals surface area contributed by atoms with Gasteiger partial charge in [0.15, 0.2) is 0 Å². The number of hydrogen-bond donors (Lipinski definition) is 1. The minimum atomic E-state index is -0.422. The summed E-state index contributed by atoms with van der Waals surface area (Å²) in [5.41, 5.74) is 7.58. The SMILES string of the molecule is Cc1cc([N+](=O)[O-])ccc1Oc1ccc(C(C)N)cc1. The number of hydrogen-bond acceptors (Lipinski definition) is 4. The zero-order valence-electron chi connectivity index (χ0n) is 11.4. The molecule has 0 heterocycles. The van der Waals surface area contributed by atoms with E-state index in [0.717, 1.165) is 11.1 Å². The second kappa shape index (κ2) is 5.71. The standard InChI is InChI=1S/C15H16N2O3/c1-10-9-13(17(18)19)5-8-15(10)20-14-6-3-12(4-7-14)11(2)16/h3-9,11H,16H2,1-2H3. The van der Waals surface area contributed by atoms with Gasteiger partial charge in [-0.3, -0.25) is 10.1 Å². The summed E-state index contributed by atoms with van der Waals surface area (Å²) in [7, 11) is 0. The molecule has 1 unspecified atom stereocenters. The molecular formula is C15H16N2O3. The molecule has 0 aliphatic carbocycles. The van der Waals surface area contributed by atoms with Gasteiger partial charge in [-0.2, -0.15) is 0 Å². The van der Waals surface area contributed by atoms with E-state index in [4.69, 9.17) is 10.5 Å². The highest BCUT2D eigenvalue weighted by molar-refractivity contribution is 5.45. The zero-order valence-corrected chi connectivity index (χ0v) is 11.4. The Kier molecular flexibility index (Phi) is 4.00. The van der Waals surface area contributed by atoms with Gasteiger partial charge in [-0.25, -0.2) is 0 Å². The maximum atomic E-state index is 10.7. The molecule has 5 nitrogen and oxygen atoms in total. The van der Waals surface area contributed by atoms with Gasteiger partial charge < -0.3 is 10.5 Å². The molecule has 0 bridgehead atoms. The van der Waals surface area contributed by atoms with Crippen LogP contribution in [0.5, 0.6) is 11.5 Å². The molecular weight excluding hydrogens is 256 g/mol. The van der Waals surface area contributed by atoms with Crippen LogP contribution in [0.4, 0.5) is 5.69 Å². The number of aryl methyl sites for hydroxylation is 1. The summed E-state index contributed by atoms with van der Waals surface area (Å²) in [5.74, 6) is 1.27. The van der Waals surface area contributed by atoms with Crippen molar-refractivity contribution in [3.63, 3.8) is 0 Å². The third-order valence-electron chi connectivity index (χ3n) is 3.00. The second-order valence-electron chi connectivity index (χ2n) is 4.67. The van der Waals surface area contributed by atoms with Gasteiger partial charge in [0.05, 0.1) is 4.92 Å². The van der Waals surface area contributed by atoms with Gasteiger partial charge >= 0.3 is 0 Å². The normalized spacial score (nSPS) is 11.9. The largest absolute Gasteiger partial charge is 0.457 e. The maximum Gasteiger partial charge on any atom is 0.269 e. The van der Waals surface area contributed by atoms with E-state index in [-0.39, 0.29) is 11.7 Å². The lowest BCUT2D eigenvalue weighted by Gasteiger charge is -2.10. The van der Waals surface area contributed by atoms with Crippen molar-refractivity contribution in [2.75, 3.05) is 0 Å². The van der Waals surface area contributed by atoms with Crippen LogP contribution in [0.15, 0.2) is 42.5 Å². The number of rotatable bonds is 4. The maximum absolute atomic E-state index is 10.7. The second-order valence-corrected chi connectivity index (χ2v) is 4.67. The molecule has 2 aromatic carbocycles. The first-order valence-corrected chi connectivity index (χ1v) is 6.26. The Hall–Kier alpha value is -2.40. The molecule has 0 amide bonds. The van der Waals surface area contributed by atoms with Crippen LogP contribution in [0.3, 0.4) is 0 Å². The zero-order chi connectivity index (χ0) is 14.7. The van der Waals surface area contributed by atoms with Gasteiger partial charge in [0.25, 0.3) is 5.69 Å². The molecule has 0 aliphatic rings. The van der Waals surface area contributed by atoms with E-state index < -0.39 is 4.92 Å². The number of nitro benzene ring substituents is 1. The molecule has 104 valence electrons. The van der Waals surface area contributed by atoms with Crippen LogP contribution >= 0.6 is 0 Å². The van der Waals surface area contributed by atoms with Crippen LogP contribution in [-0.4, -0.2) is 4.92 Å². The Morgan fingerprint density at radius 2 is 1.85 bits per heavy atom. The van der Waals surface area contributed by atoms with E-state index in [1.54, 1.807) is 13.0 Å². The molecule has 0 saturated heterocycles. The predicted octanol–water partition coefficient (Wildman–Crippen LogP) is 3.72. The highest BCUT2D eigenvalue weighted by Crippen LogP contribution is 2.28. The Balaban J connectivity index is 2.19. The fourth-order valence-electron chi connectivity index (χ4n) is 1.83. The topological polar surface area (TPSA) is 78.4 Å². The fraction of sp³-hybridized carbons (Fsp3) is 0.200. The molecule has 2 aromatic rings. The molecule has 2 N–H and O–H groups in total. The lowest BCUT2D eigenvalue weighted by atomic mass is 10.1. The van der Waals surface area contributed by atoms with E-state index in [9.17, 15) is 10.1 Å².